The van der Waals surface area contributed by atoms with E-state index in [2.05, 4.69) is 0 Å². The zero-order valence-corrected chi connectivity index (χ0v) is 9.93. The first-order valence-electron chi connectivity index (χ1n) is 5.86. The monoisotopic (exact) mass is 235 g/mol. The van der Waals surface area contributed by atoms with E-state index in [-0.39, 0.29) is 0 Å². The highest BCUT2D eigenvalue weighted by Crippen LogP contribution is 2.27. The number of nitrogens with zero attached hydrogens (tertiary/aromatic N) is 1. The van der Waals surface area contributed by atoms with Crippen LogP contribution < -0.4 is 9.64 Å². The van der Waals surface area contributed by atoms with Gasteiger partial charge in [-0.1, -0.05) is 6.07 Å². The first-order valence-corrected chi connectivity index (χ1v) is 5.86. The predicted octanol–water partition coefficient (Wildman–Crippen LogP) is 2.14. The van der Waals surface area contributed by atoms with E-state index in [1.54, 1.807) is 7.11 Å². The molecule has 1 atom stereocenters. The molecule has 0 aliphatic carbocycles. The summed E-state index contributed by atoms with van der Waals surface area (Å²) in [5.74, 6) is 0.0183. The molecule has 0 radical (unpaired) electrons. The molecule has 0 aromatic heterocycles. The molecule has 4 nitrogen and oxygen atoms in total. The van der Waals surface area contributed by atoms with Crippen LogP contribution in [0.5, 0.6) is 5.75 Å². The number of hydrogen-bond donors (Lipinski definition) is 1. The lowest BCUT2D eigenvalue weighted by molar-refractivity contribution is -0.139. The van der Waals surface area contributed by atoms with E-state index in [9.17, 15) is 9.90 Å². The summed E-state index contributed by atoms with van der Waals surface area (Å²) < 4.78 is 5.17. The zero-order valence-electron chi connectivity index (χ0n) is 9.93. The molecule has 0 unspecified atom stereocenters. The van der Waals surface area contributed by atoms with Crippen LogP contribution in [0.15, 0.2) is 24.3 Å². The normalized spacial score (nSPS) is 20.1. The molecule has 92 valence electrons. The minimum absolute atomic E-state index is 0.407. The Morgan fingerprint density at radius 2 is 2.29 bits per heavy atom. The molecule has 1 aliphatic rings. The summed E-state index contributed by atoms with van der Waals surface area (Å²) in [6.07, 6.45) is 2.74. The van der Waals surface area contributed by atoms with Crippen LogP contribution in [0.25, 0.3) is 0 Å². The van der Waals surface area contributed by atoms with Gasteiger partial charge in [-0.25, -0.2) is 4.79 Å². The average molecular weight is 235 g/mol. The summed E-state index contributed by atoms with van der Waals surface area (Å²) >= 11 is 0. The molecular formula is C13H17NO3. The van der Waals surface area contributed by atoms with Crippen molar-refractivity contribution in [2.24, 2.45) is 0 Å². The Kier molecular flexibility index (Phi) is 3.52. The Morgan fingerprint density at radius 1 is 1.47 bits per heavy atom. The third kappa shape index (κ3) is 2.52. The van der Waals surface area contributed by atoms with Crippen LogP contribution in [0.3, 0.4) is 0 Å². The molecule has 0 spiro atoms. The van der Waals surface area contributed by atoms with E-state index in [0.717, 1.165) is 30.8 Å². The van der Waals surface area contributed by atoms with Crippen molar-refractivity contribution in [1.82, 2.24) is 0 Å². The first kappa shape index (κ1) is 11.8. The van der Waals surface area contributed by atoms with Gasteiger partial charge in [0.05, 0.1) is 7.11 Å². The van der Waals surface area contributed by atoms with Gasteiger partial charge < -0.3 is 14.7 Å². The van der Waals surface area contributed by atoms with Crippen LogP contribution in [-0.2, 0) is 4.79 Å². The topological polar surface area (TPSA) is 49.8 Å². The molecule has 4 heteroatoms. The van der Waals surface area contributed by atoms with Gasteiger partial charge in [-0.2, -0.15) is 0 Å². The van der Waals surface area contributed by atoms with E-state index < -0.39 is 12.0 Å². The number of carbonyl (C=O) groups is 1. The van der Waals surface area contributed by atoms with Gasteiger partial charge in [0.25, 0.3) is 0 Å². The fraction of sp³-hybridized carbons (Fsp3) is 0.462. The predicted molar refractivity (Wildman–Crippen MR) is 65.6 cm³/mol. The maximum absolute atomic E-state index is 11.2. The third-order valence-corrected chi connectivity index (χ3v) is 3.17. The number of aliphatic carboxylic acids is 1. The molecule has 2 rings (SSSR count). The van der Waals surface area contributed by atoms with E-state index in [4.69, 9.17) is 4.74 Å². The van der Waals surface area contributed by atoms with Crippen LogP contribution in [0, 0.1) is 0 Å². The highest BCUT2D eigenvalue weighted by molar-refractivity contribution is 5.78. The molecule has 1 heterocycles. The van der Waals surface area contributed by atoms with Gasteiger partial charge in [0, 0.05) is 18.3 Å². The molecule has 17 heavy (non-hydrogen) atoms. The van der Waals surface area contributed by atoms with Crippen LogP contribution in [-0.4, -0.2) is 30.8 Å². The molecule has 1 N–H and O–H groups in total. The van der Waals surface area contributed by atoms with Crippen molar-refractivity contribution >= 4 is 11.7 Å². The summed E-state index contributed by atoms with van der Waals surface area (Å²) in [4.78, 5) is 13.2. The number of rotatable bonds is 3. The van der Waals surface area contributed by atoms with Gasteiger partial charge in [-0.3, -0.25) is 0 Å². The summed E-state index contributed by atoms with van der Waals surface area (Å²) in [5, 5.41) is 9.22. The highest BCUT2D eigenvalue weighted by Gasteiger charge is 2.28. The minimum atomic E-state index is -0.743. The van der Waals surface area contributed by atoms with Crippen molar-refractivity contribution in [2.75, 3.05) is 18.6 Å². The maximum Gasteiger partial charge on any atom is 0.326 e. The fourth-order valence-electron chi connectivity index (χ4n) is 2.29. The molecule has 1 saturated heterocycles. The SMILES string of the molecule is COc1cccc(N2CCCC[C@@H]2C(=O)O)c1. The lowest BCUT2D eigenvalue weighted by atomic mass is 10.0. The molecule has 0 bridgehead atoms. The zero-order chi connectivity index (χ0) is 12.3. The summed E-state index contributed by atoms with van der Waals surface area (Å²) in [6, 6.07) is 7.17. The highest BCUT2D eigenvalue weighted by atomic mass is 16.5. The Hall–Kier alpha value is -1.71. The average Bonchev–Trinajstić information content (AvgIpc) is 2.39. The quantitative estimate of drug-likeness (QED) is 0.872. The summed E-state index contributed by atoms with van der Waals surface area (Å²) in [5.41, 5.74) is 0.927. The molecule has 1 aromatic carbocycles. The molecular weight excluding hydrogens is 218 g/mol. The lowest BCUT2D eigenvalue weighted by Crippen LogP contribution is -2.44. The van der Waals surface area contributed by atoms with Crippen LogP contribution >= 0.6 is 0 Å². The Balaban J connectivity index is 2.26. The Bertz CT molecular complexity index is 405. The largest absolute Gasteiger partial charge is 0.497 e. The molecule has 0 saturated carbocycles. The van der Waals surface area contributed by atoms with Crippen LogP contribution in [0.2, 0.25) is 0 Å². The van der Waals surface area contributed by atoms with Gasteiger partial charge in [0.1, 0.15) is 11.8 Å². The van der Waals surface area contributed by atoms with Crippen molar-refractivity contribution in [1.29, 1.82) is 0 Å². The summed E-state index contributed by atoms with van der Waals surface area (Å²) in [7, 11) is 1.62. The number of methoxy groups -OCH3 is 1. The van der Waals surface area contributed by atoms with Gasteiger partial charge in [-0.05, 0) is 31.4 Å². The second-order valence-corrected chi connectivity index (χ2v) is 4.24. The standard InChI is InChI=1S/C13H17NO3/c1-17-11-6-4-5-10(9-11)14-8-3-2-7-12(14)13(15)16/h4-6,9,12H,2-3,7-8H2,1H3,(H,15,16)/t12-/m1/s1. The van der Waals surface area contributed by atoms with Gasteiger partial charge >= 0.3 is 5.97 Å². The lowest BCUT2D eigenvalue weighted by Gasteiger charge is -2.34. The Labute approximate surface area is 101 Å². The van der Waals surface area contributed by atoms with E-state index >= 15 is 0 Å². The van der Waals surface area contributed by atoms with Gasteiger partial charge in [-0.15, -0.1) is 0 Å². The van der Waals surface area contributed by atoms with E-state index in [1.165, 1.54) is 0 Å². The number of carboxylic acid groups (broad SMARTS) is 1. The number of carboxylic acids is 1. The summed E-state index contributed by atoms with van der Waals surface area (Å²) in [6.45, 7) is 0.796. The first-order chi connectivity index (χ1) is 8.22. The number of ether oxygens (including phenoxy) is 1. The number of anilines is 1. The van der Waals surface area contributed by atoms with Crippen molar-refractivity contribution in [3.63, 3.8) is 0 Å². The molecule has 1 aliphatic heterocycles. The van der Waals surface area contributed by atoms with Crippen molar-refractivity contribution in [3.05, 3.63) is 24.3 Å². The molecule has 1 fully saturated rings. The van der Waals surface area contributed by atoms with E-state index in [1.807, 2.05) is 29.2 Å². The number of benzene rings is 1. The van der Waals surface area contributed by atoms with Crippen molar-refractivity contribution in [3.8, 4) is 5.75 Å². The smallest absolute Gasteiger partial charge is 0.326 e. The van der Waals surface area contributed by atoms with Crippen molar-refractivity contribution < 1.29 is 14.6 Å². The molecule has 0 amide bonds. The second kappa shape index (κ2) is 5.08. The third-order valence-electron chi connectivity index (χ3n) is 3.17. The fourth-order valence-corrected chi connectivity index (χ4v) is 2.29. The van der Waals surface area contributed by atoms with Crippen LogP contribution in [0.1, 0.15) is 19.3 Å². The van der Waals surface area contributed by atoms with Gasteiger partial charge in [0.2, 0.25) is 0 Å². The second-order valence-electron chi connectivity index (χ2n) is 4.24. The minimum Gasteiger partial charge on any atom is -0.497 e. The van der Waals surface area contributed by atoms with E-state index in [0.29, 0.717) is 6.42 Å². The van der Waals surface area contributed by atoms with Crippen molar-refractivity contribution in [2.45, 2.75) is 25.3 Å². The number of hydrogen-bond acceptors (Lipinski definition) is 3. The van der Waals surface area contributed by atoms with Gasteiger partial charge in [0.15, 0.2) is 0 Å². The maximum atomic E-state index is 11.2. The van der Waals surface area contributed by atoms with Crippen LogP contribution in [0.4, 0.5) is 5.69 Å². The number of piperidine rings is 1. The Morgan fingerprint density at radius 3 is 3.00 bits per heavy atom. The molecule has 1 aromatic rings.